The molecular formula is C32H42N8O2. The van der Waals surface area contributed by atoms with Gasteiger partial charge in [0.05, 0.1) is 5.69 Å². The van der Waals surface area contributed by atoms with E-state index in [1.165, 1.54) is 31.6 Å². The van der Waals surface area contributed by atoms with E-state index < -0.39 is 0 Å². The molecule has 10 nitrogen and oxygen atoms in total. The first-order valence-electron chi connectivity index (χ1n) is 15.0. The number of nitrogens with zero attached hydrogens (tertiary/aromatic N) is 5. The van der Waals surface area contributed by atoms with Gasteiger partial charge in [0, 0.05) is 66.6 Å². The van der Waals surface area contributed by atoms with Crippen LogP contribution in [0.3, 0.4) is 0 Å². The van der Waals surface area contributed by atoms with Crippen molar-refractivity contribution in [1.82, 2.24) is 24.4 Å². The summed E-state index contributed by atoms with van der Waals surface area (Å²) in [6, 6.07) is 12.2. The van der Waals surface area contributed by atoms with Crippen LogP contribution in [0.5, 0.6) is 0 Å². The number of nitrogens with two attached hydrogens (primary N) is 1. The molecule has 0 unspecified atom stereocenters. The van der Waals surface area contributed by atoms with Gasteiger partial charge in [0.2, 0.25) is 0 Å². The molecule has 1 aliphatic carbocycles. The molecule has 4 heterocycles. The zero-order valence-electron chi connectivity index (χ0n) is 25.1. The minimum Gasteiger partial charge on any atom is -0.467 e. The maximum Gasteiger partial charge on any atom is 0.323 e. The average Bonchev–Trinajstić information content (AvgIpc) is 3.60. The van der Waals surface area contributed by atoms with Crippen LogP contribution >= 0.6 is 0 Å². The first-order chi connectivity index (χ1) is 20.2. The summed E-state index contributed by atoms with van der Waals surface area (Å²) in [5, 5.41) is 10.4. The number of nitrogens with one attached hydrogen (secondary N) is 2. The molecule has 3 aromatic heterocycles. The third kappa shape index (κ3) is 5.87. The number of amides is 2. The number of rotatable bonds is 5. The lowest BCUT2D eigenvalue weighted by Crippen LogP contribution is -2.49. The first kappa shape index (κ1) is 28.2. The number of hydrogen-bond acceptors (Lipinski definition) is 7. The lowest BCUT2D eigenvalue weighted by Gasteiger charge is -2.41. The number of benzene rings is 1. The highest BCUT2D eigenvalue weighted by Gasteiger charge is 2.30. The van der Waals surface area contributed by atoms with Crippen molar-refractivity contribution >= 4 is 28.7 Å². The van der Waals surface area contributed by atoms with Crippen molar-refractivity contribution in [2.24, 2.45) is 0 Å². The smallest absolute Gasteiger partial charge is 0.323 e. The maximum atomic E-state index is 12.6. The van der Waals surface area contributed by atoms with E-state index in [1.807, 2.05) is 34.8 Å². The summed E-state index contributed by atoms with van der Waals surface area (Å²) >= 11 is 0. The Labute approximate surface area is 247 Å². The van der Waals surface area contributed by atoms with Crippen molar-refractivity contribution in [3.8, 4) is 11.1 Å². The third-order valence-electron chi connectivity index (χ3n) is 8.83. The van der Waals surface area contributed by atoms with Crippen LogP contribution in [0.1, 0.15) is 63.8 Å². The summed E-state index contributed by atoms with van der Waals surface area (Å²) in [4.78, 5) is 22.0. The van der Waals surface area contributed by atoms with Crippen LogP contribution in [0, 0.1) is 0 Å². The molecular weight excluding hydrogens is 528 g/mol. The molecule has 0 radical (unpaired) electrons. The number of nitrogen functional groups attached to an aromatic ring is 1. The van der Waals surface area contributed by atoms with Gasteiger partial charge in [-0.25, -0.2) is 14.3 Å². The molecule has 0 spiro atoms. The van der Waals surface area contributed by atoms with E-state index in [1.54, 1.807) is 12.6 Å². The van der Waals surface area contributed by atoms with E-state index in [0.717, 1.165) is 48.3 Å². The van der Waals surface area contributed by atoms with Crippen molar-refractivity contribution in [3.63, 3.8) is 0 Å². The summed E-state index contributed by atoms with van der Waals surface area (Å²) in [6.07, 6.45) is 7.79. The number of fused-ring (bicyclic) bond motifs is 1. The van der Waals surface area contributed by atoms with Gasteiger partial charge in [-0.1, -0.05) is 32.9 Å². The van der Waals surface area contributed by atoms with Crippen LogP contribution in [0.4, 0.5) is 22.0 Å². The standard InChI is InChI=1S/C32H42N8O2/c1-32(2,3)28-17-24(19-42-28)37-31(41)36-23-9-5-21(6-10-23)26-18-27(40-29(26)30(33)34-20-35-40)22-7-11-25(12-8-22)39-15-13-38(4)14-16-39/h5-6,9-10,17-20,22,25H,7-8,11-16H2,1-4H3,(H2,33,34,35)(H2,36,37,41)/t22-,25+. The number of piperazine rings is 1. The first-order valence-corrected chi connectivity index (χ1v) is 15.0. The van der Waals surface area contributed by atoms with E-state index in [0.29, 0.717) is 29.2 Å². The zero-order valence-corrected chi connectivity index (χ0v) is 25.1. The Morgan fingerprint density at radius 2 is 1.67 bits per heavy atom. The monoisotopic (exact) mass is 570 g/mol. The number of anilines is 3. The highest BCUT2D eigenvalue weighted by atomic mass is 16.3. The number of carbonyl (C=O) groups excluding carboxylic acids is 1. The van der Waals surface area contributed by atoms with Crippen molar-refractivity contribution in [1.29, 1.82) is 0 Å². The van der Waals surface area contributed by atoms with Gasteiger partial charge >= 0.3 is 6.03 Å². The lowest BCUT2D eigenvalue weighted by molar-refractivity contribution is 0.0874. The van der Waals surface area contributed by atoms with Gasteiger partial charge < -0.3 is 25.7 Å². The highest BCUT2D eigenvalue weighted by Crippen LogP contribution is 2.40. The van der Waals surface area contributed by atoms with E-state index in [9.17, 15) is 4.79 Å². The Hall–Kier alpha value is -3.89. The molecule has 4 N–H and O–H groups in total. The molecule has 42 heavy (non-hydrogen) atoms. The molecule has 2 aliphatic rings. The van der Waals surface area contributed by atoms with Crippen LogP contribution in [0.2, 0.25) is 0 Å². The predicted octanol–water partition coefficient (Wildman–Crippen LogP) is 5.79. The van der Waals surface area contributed by atoms with Crippen LogP contribution in [0.15, 0.2) is 53.4 Å². The molecule has 0 atom stereocenters. The van der Waals surface area contributed by atoms with Gasteiger partial charge in [0.25, 0.3) is 0 Å². The topological polar surface area (TPSA) is 117 Å². The summed E-state index contributed by atoms with van der Waals surface area (Å²) in [5.41, 5.74) is 11.6. The van der Waals surface area contributed by atoms with E-state index >= 15 is 0 Å². The zero-order chi connectivity index (χ0) is 29.4. The van der Waals surface area contributed by atoms with Crippen molar-refractivity contribution in [2.45, 2.75) is 63.8 Å². The predicted molar refractivity (Wildman–Crippen MR) is 167 cm³/mol. The minimum atomic E-state index is -0.328. The molecule has 1 aromatic carbocycles. The fourth-order valence-corrected chi connectivity index (χ4v) is 6.35. The van der Waals surface area contributed by atoms with Crippen LogP contribution < -0.4 is 16.4 Å². The van der Waals surface area contributed by atoms with Gasteiger partial charge in [-0.05, 0) is 56.5 Å². The lowest BCUT2D eigenvalue weighted by atomic mass is 9.83. The van der Waals surface area contributed by atoms with Crippen molar-refractivity contribution in [3.05, 3.63) is 60.4 Å². The highest BCUT2D eigenvalue weighted by molar-refractivity contribution is 6.00. The van der Waals surface area contributed by atoms with E-state index in [-0.39, 0.29) is 11.4 Å². The van der Waals surface area contributed by atoms with Gasteiger partial charge in [-0.15, -0.1) is 0 Å². The van der Waals surface area contributed by atoms with E-state index in [4.69, 9.17) is 10.2 Å². The summed E-state index contributed by atoms with van der Waals surface area (Å²) in [6.45, 7) is 10.8. The molecule has 222 valence electrons. The Kier molecular flexibility index (Phi) is 7.67. The SMILES string of the molecule is CN1CCN([C@H]2CC[C@@H](c3cc(-c4ccc(NC(=O)Nc5coc(C(C)(C)C)c5)cc4)c4c(N)ncnn43)CC2)CC1. The normalized spacial score (nSPS) is 20.6. The molecule has 1 saturated heterocycles. The quantitative estimate of drug-likeness (QED) is 0.278. The second-order valence-corrected chi connectivity index (χ2v) is 12.8. The second kappa shape index (κ2) is 11.4. The van der Waals surface area contributed by atoms with Gasteiger partial charge in [0.15, 0.2) is 5.82 Å². The van der Waals surface area contributed by atoms with Crippen LogP contribution in [-0.2, 0) is 5.41 Å². The Morgan fingerprint density at radius 1 is 0.976 bits per heavy atom. The molecule has 2 fully saturated rings. The summed E-state index contributed by atoms with van der Waals surface area (Å²) < 4.78 is 7.60. The molecule has 4 aromatic rings. The van der Waals surface area contributed by atoms with Crippen molar-refractivity contribution < 1.29 is 9.21 Å². The molecule has 6 rings (SSSR count). The molecule has 1 aliphatic heterocycles. The number of furan rings is 1. The third-order valence-corrected chi connectivity index (χ3v) is 8.83. The van der Waals surface area contributed by atoms with Gasteiger partial charge in [-0.2, -0.15) is 5.10 Å². The van der Waals surface area contributed by atoms with Crippen molar-refractivity contribution in [2.75, 3.05) is 49.6 Å². The fraction of sp³-hybridized carbons (Fsp3) is 0.469. The van der Waals surface area contributed by atoms with Gasteiger partial charge in [0.1, 0.15) is 23.9 Å². The molecule has 2 amide bonds. The minimum absolute atomic E-state index is 0.131. The molecule has 10 heteroatoms. The fourth-order valence-electron chi connectivity index (χ4n) is 6.35. The average molecular weight is 571 g/mol. The number of carbonyl (C=O) groups is 1. The van der Waals surface area contributed by atoms with Gasteiger partial charge in [-0.3, -0.25) is 4.90 Å². The van der Waals surface area contributed by atoms with Crippen LogP contribution in [-0.4, -0.2) is 69.7 Å². The Bertz CT molecular complexity index is 1530. The van der Waals surface area contributed by atoms with E-state index in [2.05, 4.69) is 64.4 Å². The largest absolute Gasteiger partial charge is 0.467 e. The number of aromatic nitrogens is 3. The molecule has 0 bridgehead atoms. The number of urea groups is 1. The number of likely N-dealkylation sites (N-methyl/N-ethyl adjacent to an activating group) is 1. The van der Waals surface area contributed by atoms with Crippen LogP contribution in [0.25, 0.3) is 16.6 Å². The second-order valence-electron chi connectivity index (χ2n) is 12.8. The number of hydrogen-bond donors (Lipinski definition) is 3. The summed E-state index contributed by atoms with van der Waals surface area (Å²) in [5.74, 6) is 1.71. The Morgan fingerprint density at radius 3 is 2.33 bits per heavy atom. The maximum absolute atomic E-state index is 12.6. The Balaban J connectivity index is 1.16. The molecule has 1 saturated carbocycles. The summed E-state index contributed by atoms with van der Waals surface area (Å²) in [7, 11) is 2.21.